The Kier molecular flexibility index (Phi) is 6.46. The third kappa shape index (κ3) is 4.26. The summed E-state index contributed by atoms with van der Waals surface area (Å²) in [6, 6.07) is 9.70. The molecule has 1 unspecified atom stereocenters. The molecule has 26 heavy (non-hydrogen) atoms. The molecule has 140 valence electrons. The van der Waals surface area contributed by atoms with Crippen LogP contribution in [0.15, 0.2) is 35.3 Å². The van der Waals surface area contributed by atoms with Gasteiger partial charge in [-0.15, -0.1) is 0 Å². The molecule has 5 heteroatoms. The highest BCUT2D eigenvalue weighted by atomic mass is 16.5. The highest BCUT2D eigenvalue weighted by Crippen LogP contribution is 2.40. The van der Waals surface area contributed by atoms with E-state index in [1.165, 1.54) is 7.11 Å². The number of rotatable bonds is 6. The predicted molar refractivity (Wildman–Crippen MR) is 99.9 cm³/mol. The van der Waals surface area contributed by atoms with Crippen LogP contribution in [-0.2, 0) is 25.7 Å². The second kappa shape index (κ2) is 8.39. The van der Waals surface area contributed by atoms with Crippen LogP contribution in [0.5, 0.6) is 0 Å². The number of Topliss-reactive ketones (excluding diaryl/α,β-unsaturated/α-hetero) is 2. The van der Waals surface area contributed by atoms with E-state index in [0.29, 0.717) is 18.7 Å². The Balaban J connectivity index is 2.35. The zero-order valence-electron chi connectivity index (χ0n) is 16.0. The lowest BCUT2D eigenvalue weighted by molar-refractivity contribution is -0.159. The van der Waals surface area contributed by atoms with Crippen molar-refractivity contribution in [3.63, 3.8) is 0 Å². The summed E-state index contributed by atoms with van der Waals surface area (Å²) >= 11 is 0. The Hall–Kier alpha value is -2.30. The van der Waals surface area contributed by atoms with E-state index in [1.807, 2.05) is 37.3 Å². The number of ether oxygens (including phenoxy) is 1. The molecule has 1 fully saturated rings. The molecule has 1 aromatic carbocycles. The lowest BCUT2D eigenvalue weighted by atomic mass is 9.63. The second-order valence-corrected chi connectivity index (χ2v) is 7.47. The molecule has 0 spiro atoms. The molecule has 2 atom stereocenters. The Morgan fingerprint density at radius 3 is 2.46 bits per heavy atom. The van der Waals surface area contributed by atoms with Crippen LogP contribution in [0, 0.1) is 17.3 Å². The summed E-state index contributed by atoms with van der Waals surface area (Å²) < 4.78 is 4.84. The van der Waals surface area contributed by atoms with Crippen molar-refractivity contribution in [2.45, 2.75) is 46.6 Å². The average Bonchev–Trinajstić information content (AvgIpc) is 2.59. The molecule has 1 saturated carbocycles. The van der Waals surface area contributed by atoms with Gasteiger partial charge in [0.15, 0.2) is 5.78 Å². The zero-order valence-corrected chi connectivity index (χ0v) is 16.0. The summed E-state index contributed by atoms with van der Waals surface area (Å²) in [5.74, 6) is -2.97. The van der Waals surface area contributed by atoms with Crippen molar-refractivity contribution in [2.75, 3.05) is 7.11 Å². The highest BCUT2D eigenvalue weighted by molar-refractivity contribution is 6.26. The number of benzene rings is 1. The first-order valence-corrected chi connectivity index (χ1v) is 9.03. The van der Waals surface area contributed by atoms with Crippen LogP contribution >= 0.6 is 0 Å². The summed E-state index contributed by atoms with van der Waals surface area (Å²) in [5, 5.41) is 0. The van der Waals surface area contributed by atoms with E-state index in [2.05, 4.69) is 4.99 Å². The van der Waals surface area contributed by atoms with Crippen molar-refractivity contribution in [3.8, 4) is 0 Å². The topological polar surface area (TPSA) is 72.8 Å². The number of methoxy groups -OCH3 is 1. The van der Waals surface area contributed by atoms with Crippen molar-refractivity contribution < 1.29 is 19.1 Å². The van der Waals surface area contributed by atoms with Crippen LogP contribution in [0.4, 0.5) is 0 Å². The van der Waals surface area contributed by atoms with Gasteiger partial charge in [-0.05, 0) is 17.4 Å². The Morgan fingerprint density at radius 2 is 1.88 bits per heavy atom. The molecular weight excluding hydrogens is 330 g/mol. The van der Waals surface area contributed by atoms with Crippen LogP contribution in [0.25, 0.3) is 0 Å². The van der Waals surface area contributed by atoms with E-state index in [9.17, 15) is 14.4 Å². The quantitative estimate of drug-likeness (QED) is 0.444. The fraction of sp³-hybridized carbons (Fsp3) is 0.524. The normalized spacial score (nSPS) is 23.0. The molecule has 5 nitrogen and oxygen atoms in total. The second-order valence-electron chi connectivity index (χ2n) is 7.47. The maximum Gasteiger partial charge on any atom is 0.316 e. The summed E-state index contributed by atoms with van der Waals surface area (Å²) in [6.45, 7) is 5.93. The molecule has 0 aromatic heterocycles. The number of hydrogen-bond acceptors (Lipinski definition) is 5. The minimum Gasteiger partial charge on any atom is -0.468 e. The van der Waals surface area contributed by atoms with Crippen molar-refractivity contribution in [1.29, 1.82) is 0 Å². The molecule has 0 saturated heterocycles. The first-order valence-electron chi connectivity index (χ1n) is 9.03. The highest BCUT2D eigenvalue weighted by Gasteiger charge is 2.52. The van der Waals surface area contributed by atoms with Gasteiger partial charge < -0.3 is 4.74 Å². The van der Waals surface area contributed by atoms with E-state index in [4.69, 9.17) is 4.74 Å². The standard InChI is InChI=1S/C21H27NO4/c1-5-9-15(22-13-14-10-7-6-8-11-14)17-16(23)12-21(2,3)18(19(17)24)20(25)26-4/h6-8,10-11,17-18H,5,9,12-13H2,1-4H3/t17?,18-/m0/s1. The predicted octanol–water partition coefficient (Wildman–Crippen LogP) is 3.40. The first-order chi connectivity index (χ1) is 12.3. The van der Waals surface area contributed by atoms with Crippen molar-refractivity contribution in [3.05, 3.63) is 35.9 Å². The van der Waals surface area contributed by atoms with Crippen LogP contribution in [0.1, 0.15) is 45.6 Å². The van der Waals surface area contributed by atoms with Gasteiger partial charge in [-0.2, -0.15) is 0 Å². The van der Waals surface area contributed by atoms with Gasteiger partial charge in [0.25, 0.3) is 0 Å². The third-order valence-corrected chi connectivity index (χ3v) is 4.89. The van der Waals surface area contributed by atoms with Gasteiger partial charge in [0, 0.05) is 12.1 Å². The van der Waals surface area contributed by atoms with Gasteiger partial charge in [0.2, 0.25) is 0 Å². The lowest BCUT2D eigenvalue weighted by Crippen LogP contribution is -2.52. The minimum atomic E-state index is -0.936. The smallest absolute Gasteiger partial charge is 0.316 e. The molecule has 0 radical (unpaired) electrons. The number of ketones is 2. The van der Waals surface area contributed by atoms with Crippen molar-refractivity contribution >= 4 is 23.2 Å². The van der Waals surface area contributed by atoms with E-state index < -0.39 is 23.2 Å². The van der Waals surface area contributed by atoms with E-state index in [-0.39, 0.29) is 18.0 Å². The summed E-state index contributed by atoms with van der Waals surface area (Å²) in [6.07, 6.45) is 1.50. The number of nitrogens with zero attached hydrogens (tertiary/aromatic N) is 1. The van der Waals surface area contributed by atoms with Gasteiger partial charge in [-0.1, -0.05) is 57.5 Å². The zero-order chi connectivity index (χ0) is 19.3. The number of hydrogen-bond donors (Lipinski definition) is 0. The number of aliphatic imine (C=N–C) groups is 1. The molecule has 1 aliphatic rings. The number of carbonyl (C=O) groups is 3. The van der Waals surface area contributed by atoms with Crippen molar-refractivity contribution in [1.82, 2.24) is 0 Å². The van der Waals surface area contributed by atoms with Crippen LogP contribution < -0.4 is 0 Å². The molecule has 0 bridgehead atoms. The van der Waals surface area contributed by atoms with Gasteiger partial charge in [-0.25, -0.2) is 0 Å². The van der Waals surface area contributed by atoms with Gasteiger partial charge >= 0.3 is 5.97 Å². The van der Waals surface area contributed by atoms with E-state index in [0.717, 1.165) is 12.0 Å². The first kappa shape index (κ1) is 20.0. The molecular formula is C21H27NO4. The van der Waals surface area contributed by atoms with Crippen LogP contribution in [0.3, 0.4) is 0 Å². The Labute approximate surface area is 154 Å². The average molecular weight is 357 g/mol. The molecule has 0 heterocycles. The van der Waals surface area contributed by atoms with Gasteiger partial charge in [0.05, 0.1) is 13.7 Å². The molecule has 2 rings (SSSR count). The van der Waals surface area contributed by atoms with Gasteiger partial charge in [-0.3, -0.25) is 19.4 Å². The molecule has 0 amide bonds. The number of carbonyl (C=O) groups excluding carboxylic acids is 3. The SMILES string of the molecule is CCCC(=NCc1ccccc1)C1C(=O)CC(C)(C)[C@H](C(=O)OC)C1=O. The maximum absolute atomic E-state index is 13.1. The maximum atomic E-state index is 13.1. The Bertz CT molecular complexity index is 706. The van der Waals surface area contributed by atoms with E-state index in [1.54, 1.807) is 13.8 Å². The van der Waals surface area contributed by atoms with Crippen LogP contribution in [-0.4, -0.2) is 30.4 Å². The summed E-state index contributed by atoms with van der Waals surface area (Å²) in [4.78, 5) is 42.6. The third-order valence-electron chi connectivity index (χ3n) is 4.89. The Morgan fingerprint density at radius 1 is 1.23 bits per heavy atom. The minimum absolute atomic E-state index is 0.152. The fourth-order valence-electron chi connectivity index (χ4n) is 3.61. The molecule has 0 N–H and O–H groups in total. The lowest BCUT2D eigenvalue weighted by Gasteiger charge is -2.38. The summed E-state index contributed by atoms with van der Waals surface area (Å²) in [5.41, 5.74) is 0.853. The summed E-state index contributed by atoms with van der Waals surface area (Å²) in [7, 11) is 1.27. The van der Waals surface area contributed by atoms with Crippen LogP contribution in [0.2, 0.25) is 0 Å². The fourth-order valence-corrected chi connectivity index (χ4v) is 3.61. The van der Waals surface area contributed by atoms with Gasteiger partial charge in [0.1, 0.15) is 17.6 Å². The monoisotopic (exact) mass is 357 g/mol. The molecule has 1 aromatic rings. The molecule has 1 aliphatic carbocycles. The largest absolute Gasteiger partial charge is 0.468 e. The molecule has 0 aliphatic heterocycles. The van der Waals surface area contributed by atoms with Crippen molar-refractivity contribution in [2.24, 2.45) is 22.2 Å². The number of esters is 1. The van der Waals surface area contributed by atoms with E-state index >= 15 is 0 Å².